The lowest BCUT2D eigenvalue weighted by molar-refractivity contribution is 0.331. The summed E-state index contributed by atoms with van der Waals surface area (Å²) in [5, 5.41) is 14.1. The molecule has 114 valence electrons. The maximum absolute atomic E-state index is 5.63. The van der Waals surface area contributed by atoms with E-state index in [0.29, 0.717) is 37.6 Å². The molecule has 1 heterocycles. The van der Waals surface area contributed by atoms with E-state index < -0.39 is 0 Å². The summed E-state index contributed by atoms with van der Waals surface area (Å²) in [6, 6.07) is 8.76. The Labute approximate surface area is 124 Å². The van der Waals surface area contributed by atoms with Crippen molar-refractivity contribution in [1.82, 2.24) is 15.5 Å². The summed E-state index contributed by atoms with van der Waals surface area (Å²) >= 11 is 0. The van der Waals surface area contributed by atoms with Crippen molar-refractivity contribution in [3.63, 3.8) is 0 Å². The maximum Gasteiger partial charge on any atom is 0.315 e. The van der Waals surface area contributed by atoms with Crippen molar-refractivity contribution in [2.24, 2.45) is 0 Å². The molecule has 0 aliphatic carbocycles. The van der Waals surface area contributed by atoms with E-state index in [2.05, 4.69) is 34.7 Å². The zero-order valence-electron chi connectivity index (χ0n) is 12.7. The number of aryl methyl sites for hydroxylation is 1. The average molecular weight is 290 g/mol. The standard InChI is InChI=1S/C15H22N4O2/c1-11(2)17-10-14-18-19-15(21-14)16-7-8-20-13-6-4-5-12(3)9-13/h4-6,9,11,17H,7-8,10H2,1-3H3,(H,16,19). The third-order valence-electron chi connectivity index (χ3n) is 2.76. The molecule has 0 atom stereocenters. The van der Waals surface area contributed by atoms with E-state index >= 15 is 0 Å². The predicted molar refractivity (Wildman–Crippen MR) is 81.4 cm³/mol. The van der Waals surface area contributed by atoms with Gasteiger partial charge in [0.1, 0.15) is 12.4 Å². The molecule has 0 aliphatic heterocycles. The van der Waals surface area contributed by atoms with Gasteiger partial charge in [0, 0.05) is 6.04 Å². The maximum atomic E-state index is 5.63. The van der Waals surface area contributed by atoms with Crippen molar-refractivity contribution in [2.45, 2.75) is 33.4 Å². The fourth-order valence-corrected chi connectivity index (χ4v) is 1.72. The summed E-state index contributed by atoms with van der Waals surface area (Å²) in [7, 11) is 0. The number of nitrogens with one attached hydrogen (secondary N) is 2. The molecule has 0 radical (unpaired) electrons. The molecule has 1 aromatic heterocycles. The van der Waals surface area contributed by atoms with Crippen LogP contribution in [-0.2, 0) is 6.54 Å². The van der Waals surface area contributed by atoms with Gasteiger partial charge in [-0.3, -0.25) is 0 Å². The van der Waals surface area contributed by atoms with Gasteiger partial charge in [-0.05, 0) is 24.6 Å². The normalized spacial score (nSPS) is 10.9. The highest BCUT2D eigenvalue weighted by Crippen LogP contribution is 2.12. The molecule has 0 spiro atoms. The average Bonchev–Trinajstić information content (AvgIpc) is 2.89. The van der Waals surface area contributed by atoms with Crippen molar-refractivity contribution < 1.29 is 9.15 Å². The number of rotatable bonds is 8. The Hall–Kier alpha value is -2.08. The van der Waals surface area contributed by atoms with Gasteiger partial charge < -0.3 is 19.8 Å². The first-order valence-corrected chi connectivity index (χ1v) is 7.12. The van der Waals surface area contributed by atoms with Gasteiger partial charge in [-0.15, -0.1) is 5.10 Å². The summed E-state index contributed by atoms with van der Waals surface area (Å²) in [6.45, 7) is 7.89. The van der Waals surface area contributed by atoms with E-state index in [1.54, 1.807) is 0 Å². The van der Waals surface area contributed by atoms with Crippen LogP contribution in [0.2, 0.25) is 0 Å². The third kappa shape index (κ3) is 5.43. The van der Waals surface area contributed by atoms with E-state index in [4.69, 9.17) is 9.15 Å². The van der Waals surface area contributed by atoms with Gasteiger partial charge in [0.05, 0.1) is 13.1 Å². The second-order valence-corrected chi connectivity index (χ2v) is 5.13. The Morgan fingerprint density at radius 2 is 2.14 bits per heavy atom. The van der Waals surface area contributed by atoms with Crippen molar-refractivity contribution in [2.75, 3.05) is 18.5 Å². The van der Waals surface area contributed by atoms with Crippen molar-refractivity contribution >= 4 is 6.01 Å². The van der Waals surface area contributed by atoms with Crippen LogP contribution >= 0.6 is 0 Å². The predicted octanol–water partition coefficient (Wildman–Crippen LogP) is 2.37. The smallest absolute Gasteiger partial charge is 0.315 e. The van der Waals surface area contributed by atoms with Gasteiger partial charge in [0.2, 0.25) is 5.89 Å². The quantitative estimate of drug-likeness (QED) is 0.727. The number of anilines is 1. The van der Waals surface area contributed by atoms with Crippen LogP contribution in [0.1, 0.15) is 25.3 Å². The second kappa shape index (κ2) is 7.64. The highest BCUT2D eigenvalue weighted by atomic mass is 16.5. The summed E-state index contributed by atoms with van der Waals surface area (Å²) < 4.78 is 11.1. The van der Waals surface area contributed by atoms with E-state index in [-0.39, 0.29) is 0 Å². The molecule has 2 aromatic rings. The molecule has 6 heteroatoms. The topological polar surface area (TPSA) is 72.2 Å². The molecule has 2 rings (SSSR count). The second-order valence-electron chi connectivity index (χ2n) is 5.13. The number of benzene rings is 1. The van der Waals surface area contributed by atoms with Crippen LogP contribution in [0.5, 0.6) is 5.75 Å². The SMILES string of the molecule is Cc1cccc(OCCNc2nnc(CNC(C)C)o2)c1. The Bertz CT molecular complexity index is 554. The Morgan fingerprint density at radius 3 is 2.90 bits per heavy atom. The molecule has 6 nitrogen and oxygen atoms in total. The fourth-order valence-electron chi connectivity index (χ4n) is 1.72. The van der Waals surface area contributed by atoms with Crippen LogP contribution < -0.4 is 15.4 Å². The number of ether oxygens (including phenoxy) is 1. The van der Waals surface area contributed by atoms with Crippen LogP contribution in [-0.4, -0.2) is 29.4 Å². The molecule has 0 unspecified atom stereocenters. The number of nitrogens with zero attached hydrogens (tertiary/aromatic N) is 2. The Kier molecular flexibility index (Phi) is 5.57. The molecule has 0 saturated carbocycles. The van der Waals surface area contributed by atoms with Crippen molar-refractivity contribution in [1.29, 1.82) is 0 Å². The van der Waals surface area contributed by atoms with Gasteiger partial charge in [0.25, 0.3) is 0 Å². The molecule has 0 amide bonds. The highest BCUT2D eigenvalue weighted by molar-refractivity contribution is 5.27. The fraction of sp³-hybridized carbons (Fsp3) is 0.467. The van der Waals surface area contributed by atoms with Crippen molar-refractivity contribution in [3.05, 3.63) is 35.7 Å². The zero-order chi connectivity index (χ0) is 15.1. The van der Waals surface area contributed by atoms with E-state index in [1.165, 1.54) is 5.56 Å². The van der Waals surface area contributed by atoms with E-state index in [1.807, 2.05) is 31.2 Å². The number of hydrogen-bond donors (Lipinski definition) is 2. The Balaban J connectivity index is 1.69. The van der Waals surface area contributed by atoms with Crippen LogP contribution in [0.15, 0.2) is 28.7 Å². The lowest BCUT2D eigenvalue weighted by Gasteiger charge is -2.06. The van der Waals surface area contributed by atoms with Gasteiger partial charge in [-0.1, -0.05) is 31.1 Å². The number of hydrogen-bond acceptors (Lipinski definition) is 6. The molecule has 0 saturated heterocycles. The first-order valence-electron chi connectivity index (χ1n) is 7.12. The minimum atomic E-state index is 0.385. The molecule has 0 bridgehead atoms. The minimum Gasteiger partial charge on any atom is -0.492 e. The summed E-state index contributed by atoms with van der Waals surface area (Å²) in [4.78, 5) is 0. The Morgan fingerprint density at radius 1 is 1.29 bits per heavy atom. The van der Waals surface area contributed by atoms with Gasteiger partial charge in [-0.2, -0.15) is 0 Å². The first kappa shape index (κ1) is 15.3. The van der Waals surface area contributed by atoms with Gasteiger partial charge in [-0.25, -0.2) is 0 Å². The number of aromatic nitrogens is 2. The van der Waals surface area contributed by atoms with E-state index in [0.717, 1.165) is 5.75 Å². The summed E-state index contributed by atoms with van der Waals surface area (Å²) in [5.41, 5.74) is 1.18. The molecular formula is C15H22N4O2. The minimum absolute atomic E-state index is 0.385. The van der Waals surface area contributed by atoms with Crippen LogP contribution in [0.25, 0.3) is 0 Å². The zero-order valence-corrected chi connectivity index (χ0v) is 12.7. The highest BCUT2D eigenvalue weighted by Gasteiger charge is 2.05. The van der Waals surface area contributed by atoms with Gasteiger partial charge >= 0.3 is 6.01 Å². The molecule has 0 fully saturated rings. The van der Waals surface area contributed by atoms with Gasteiger partial charge in [0.15, 0.2) is 0 Å². The molecule has 0 aliphatic rings. The molecule has 1 aromatic carbocycles. The lowest BCUT2D eigenvalue weighted by atomic mass is 10.2. The van der Waals surface area contributed by atoms with Crippen LogP contribution in [0.3, 0.4) is 0 Å². The first-order chi connectivity index (χ1) is 10.1. The molecular weight excluding hydrogens is 268 g/mol. The molecule has 21 heavy (non-hydrogen) atoms. The largest absolute Gasteiger partial charge is 0.492 e. The third-order valence-corrected chi connectivity index (χ3v) is 2.76. The van der Waals surface area contributed by atoms with Crippen molar-refractivity contribution in [3.8, 4) is 5.75 Å². The summed E-state index contributed by atoms with van der Waals surface area (Å²) in [5.74, 6) is 1.44. The lowest BCUT2D eigenvalue weighted by Crippen LogP contribution is -2.21. The summed E-state index contributed by atoms with van der Waals surface area (Å²) in [6.07, 6.45) is 0. The van der Waals surface area contributed by atoms with E-state index in [9.17, 15) is 0 Å². The van der Waals surface area contributed by atoms with Crippen LogP contribution in [0.4, 0.5) is 6.01 Å². The molecule has 2 N–H and O–H groups in total. The van der Waals surface area contributed by atoms with Crippen LogP contribution in [0, 0.1) is 6.92 Å². The monoisotopic (exact) mass is 290 g/mol.